The zero-order chi connectivity index (χ0) is 18.9. The van der Waals surface area contributed by atoms with E-state index in [0.717, 1.165) is 12.2 Å². The number of carbonyl (C=O) groups excluding carboxylic acids is 2. The minimum Gasteiger partial charge on any atom is -0.369 e. The van der Waals surface area contributed by atoms with E-state index in [-0.39, 0.29) is 11.1 Å². The maximum absolute atomic E-state index is 13.4. The lowest BCUT2D eigenvalue weighted by molar-refractivity contribution is -0.115. The van der Waals surface area contributed by atoms with E-state index in [4.69, 9.17) is 5.73 Å². The highest BCUT2D eigenvalue weighted by Crippen LogP contribution is 2.08. The van der Waals surface area contributed by atoms with Gasteiger partial charge in [0.05, 0.1) is 0 Å². The van der Waals surface area contributed by atoms with Crippen molar-refractivity contribution in [3.8, 4) is 0 Å². The Kier molecular flexibility index (Phi) is 6.50. The topological polar surface area (TPSA) is 84.5 Å². The summed E-state index contributed by atoms with van der Waals surface area (Å²) in [6.07, 6.45) is 4.58. The first kappa shape index (κ1) is 18.7. The van der Waals surface area contributed by atoms with Gasteiger partial charge in [-0.25, -0.2) is 8.78 Å². The lowest BCUT2D eigenvalue weighted by Gasteiger charge is -2.00. The molecule has 0 spiro atoms. The zero-order valence-electron chi connectivity index (χ0n) is 13.5. The third kappa shape index (κ3) is 5.79. The third-order valence-electron chi connectivity index (χ3n) is 3.11. The van der Waals surface area contributed by atoms with E-state index < -0.39 is 29.4 Å². The van der Waals surface area contributed by atoms with E-state index in [1.54, 1.807) is 12.1 Å². The van der Waals surface area contributed by atoms with Crippen LogP contribution in [0.4, 0.5) is 8.78 Å². The number of amides is 2. The van der Waals surface area contributed by atoms with Crippen LogP contribution in [0, 0.1) is 11.6 Å². The lowest BCUT2D eigenvalue weighted by atomic mass is 10.2. The van der Waals surface area contributed by atoms with E-state index in [1.807, 2.05) is 0 Å². The highest BCUT2D eigenvalue weighted by molar-refractivity contribution is 6.08. The summed E-state index contributed by atoms with van der Waals surface area (Å²) >= 11 is 0. The molecule has 5 nitrogen and oxygen atoms in total. The molecule has 3 N–H and O–H groups in total. The van der Waals surface area contributed by atoms with Gasteiger partial charge < -0.3 is 5.73 Å². The molecule has 0 bridgehead atoms. The van der Waals surface area contributed by atoms with Gasteiger partial charge in [-0.05, 0) is 24.3 Å². The lowest BCUT2D eigenvalue weighted by Crippen LogP contribution is -2.36. The molecule has 2 aromatic rings. The Morgan fingerprint density at radius 3 is 1.92 bits per heavy atom. The molecule has 0 heterocycles. The molecule has 2 amide bonds. The number of nitrogens with one attached hydrogen (secondary N) is 1. The molecule has 0 radical (unpaired) electrons. The second-order valence-corrected chi connectivity index (χ2v) is 5.03. The molecule has 26 heavy (non-hydrogen) atoms. The Hall–Kier alpha value is -3.61. The van der Waals surface area contributed by atoms with Crippen LogP contribution < -0.4 is 11.1 Å². The van der Waals surface area contributed by atoms with Gasteiger partial charge in [0.2, 0.25) is 5.96 Å². The summed E-state index contributed by atoms with van der Waals surface area (Å²) in [7, 11) is 0. The standard InChI is InChI=1S/C19H15F2N3O2/c20-15-7-3-1-5-13(15)9-11-17(25)23-19(22)24-18(26)12-10-14-6-2-4-8-16(14)21/h1-12H,(H3,22,23,24,25,26). The molecule has 0 fully saturated rings. The first-order chi connectivity index (χ1) is 12.5. The summed E-state index contributed by atoms with van der Waals surface area (Å²) in [6.45, 7) is 0. The molecule has 0 aliphatic heterocycles. The van der Waals surface area contributed by atoms with E-state index in [9.17, 15) is 18.4 Å². The fraction of sp³-hybridized carbons (Fsp3) is 0. The van der Waals surface area contributed by atoms with Crippen molar-refractivity contribution in [3.05, 3.63) is 83.4 Å². The number of nitrogens with zero attached hydrogens (tertiary/aromatic N) is 1. The molecule has 0 saturated carbocycles. The number of halogens is 2. The molecule has 0 saturated heterocycles. The third-order valence-corrected chi connectivity index (χ3v) is 3.11. The fourth-order valence-electron chi connectivity index (χ4n) is 1.90. The number of aliphatic imine (C=N–C) groups is 1. The van der Waals surface area contributed by atoms with Gasteiger partial charge >= 0.3 is 0 Å². The number of carbonyl (C=O) groups is 2. The molecule has 2 rings (SSSR count). The molecule has 0 aliphatic carbocycles. The SMILES string of the molecule is NC(=NC(=O)C=Cc1ccccc1F)NC(=O)C=Cc1ccccc1F. The quantitative estimate of drug-likeness (QED) is 0.502. The molecule has 2 aromatic carbocycles. The monoisotopic (exact) mass is 355 g/mol. The van der Waals surface area contributed by atoms with Gasteiger partial charge in [-0.1, -0.05) is 36.4 Å². The van der Waals surface area contributed by atoms with Crippen LogP contribution in [0.3, 0.4) is 0 Å². The van der Waals surface area contributed by atoms with Crippen molar-refractivity contribution in [2.45, 2.75) is 0 Å². The second kappa shape index (κ2) is 9.03. The zero-order valence-corrected chi connectivity index (χ0v) is 13.5. The van der Waals surface area contributed by atoms with Crippen LogP contribution in [0.2, 0.25) is 0 Å². The minimum absolute atomic E-state index is 0.214. The highest BCUT2D eigenvalue weighted by atomic mass is 19.1. The average molecular weight is 355 g/mol. The van der Waals surface area contributed by atoms with Gasteiger partial charge in [-0.3, -0.25) is 14.9 Å². The average Bonchev–Trinajstić information content (AvgIpc) is 2.60. The summed E-state index contributed by atoms with van der Waals surface area (Å²) in [6, 6.07) is 11.8. The Balaban J connectivity index is 1.94. The van der Waals surface area contributed by atoms with Crippen LogP contribution in [0.1, 0.15) is 11.1 Å². The van der Waals surface area contributed by atoms with Gasteiger partial charge in [0.15, 0.2) is 0 Å². The summed E-state index contributed by atoms with van der Waals surface area (Å²) in [5.74, 6) is -2.85. The molecule has 0 unspecified atom stereocenters. The predicted molar refractivity (Wildman–Crippen MR) is 95.6 cm³/mol. The Labute approximate surface area is 148 Å². The first-order valence-electron chi connectivity index (χ1n) is 7.50. The van der Waals surface area contributed by atoms with E-state index in [0.29, 0.717) is 0 Å². The molecule has 0 aromatic heterocycles. The summed E-state index contributed by atoms with van der Waals surface area (Å²) in [5.41, 5.74) is 5.89. The van der Waals surface area contributed by atoms with Crippen molar-refractivity contribution in [1.29, 1.82) is 0 Å². The van der Waals surface area contributed by atoms with Crippen molar-refractivity contribution in [2.75, 3.05) is 0 Å². The van der Waals surface area contributed by atoms with Crippen LogP contribution in [0.5, 0.6) is 0 Å². The molecule has 132 valence electrons. The number of benzene rings is 2. The van der Waals surface area contributed by atoms with E-state index in [2.05, 4.69) is 10.3 Å². The van der Waals surface area contributed by atoms with Gasteiger partial charge in [0.25, 0.3) is 11.8 Å². The summed E-state index contributed by atoms with van der Waals surface area (Å²) in [4.78, 5) is 26.8. The van der Waals surface area contributed by atoms with Crippen molar-refractivity contribution >= 4 is 29.9 Å². The molecule has 0 aliphatic rings. The van der Waals surface area contributed by atoms with E-state index >= 15 is 0 Å². The smallest absolute Gasteiger partial charge is 0.272 e. The molecule has 0 atom stereocenters. The number of rotatable bonds is 4. The van der Waals surface area contributed by atoms with Crippen LogP contribution in [-0.2, 0) is 9.59 Å². The van der Waals surface area contributed by atoms with Crippen LogP contribution in [-0.4, -0.2) is 17.8 Å². The highest BCUT2D eigenvalue weighted by Gasteiger charge is 2.03. The van der Waals surface area contributed by atoms with Crippen LogP contribution in [0.25, 0.3) is 12.2 Å². The van der Waals surface area contributed by atoms with Gasteiger partial charge in [0, 0.05) is 23.3 Å². The molecule has 7 heteroatoms. The van der Waals surface area contributed by atoms with Crippen molar-refractivity contribution in [3.63, 3.8) is 0 Å². The number of guanidine groups is 1. The largest absolute Gasteiger partial charge is 0.369 e. The van der Waals surface area contributed by atoms with Gasteiger partial charge in [-0.2, -0.15) is 4.99 Å². The normalized spacial score (nSPS) is 11.8. The maximum Gasteiger partial charge on any atom is 0.272 e. The number of hydrogen-bond acceptors (Lipinski definition) is 2. The van der Waals surface area contributed by atoms with Crippen molar-refractivity contribution < 1.29 is 18.4 Å². The Bertz CT molecular complexity index is 905. The van der Waals surface area contributed by atoms with Gasteiger partial charge in [0.1, 0.15) is 11.6 Å². The second-order valence-electron chi connectivity index (χ2n) is 5.03. The molecular weight excluding hydrogens is 340 g/mol. The van der Waals surface area contributed by atoms with Crippen LogP contribution >= 0.6 is 0 Å². The predicted octanol–water partition coefficient (Wildman–Crippen LogP) is 2.65. The summed E-state index contributed by atoms with van der Waals surface area (Å²) < 4.78 is 26.8. The van der Waals surface area contributed by atoms with Crippen LogP contribution in [0.15, 0.2) is 65.7 Å². The first-order valence-corrected chi connectivity index (χ1v) is 7.50. The van der Waals surface area contributed by atoms with Gasteiger partial charge in [-0.15, -0.1) is 0 Å². The van der Waals surface area contributed by atoms with Crippen molar-refractivity contribution in [1.82, 2.24) is 5.32 Å². The van der Waals surface area contributed by atoms with E-state index in [1.165, 1.54) is 48.6 Å². The summed E-state index contributed by atoms with van der Waals surface area (Å²) in [5, 5.41) is 2.16. The Morgan fingerprint density at radius 1 is 0.885 bits per heavy atom. The van der Waals surface area contributed by atoms with Crippen molar-refractivity contribution in [2.24, 2.45) is 10.7 Å². The Morgan fingerprint density at radius 2 is 1.38 bits per heavy atom. The maximum atomic E-state index is 13.4. The fourth-order valence-corrected chi connectivity index (χ4v) is 1.90. The molecular formula is C19H15F2N3O2. The number of hydrogen-bond donors (Lipinski definition) is 2. The minimum atomic E-state index is -0.774. The number of nitrogens with two attached hydrogens (primary N) is 1.